The lowest BCUT2D eigenvalue weighted by molar-refractivity contribution is -0.141. The quantitative estimate of drug-likeness (QED) is 0.780. The van der Waals surface area contributed by atoms with Crippen LogP contribution in [-0.4, -0.2) is 23.5 Å². The first-order valence-electron chi connectivity index (χ1n) is 6.26. The fourth-order valence-corrected chi connectivity index (χ4v) is 2.74. The topological polar surface area (TPSA) is 66.4 Å². The van der Waals surface area contributed by atoms with Crippen LogP contribution in [0.1, 0.15) is 36.0 Å². The van der Waals surface area contributed by atoms with Crippen molar-refractivity contribution >= 4 is 34.5 Å². The summed E-state index contributed by atoms with van der Waals surface area (Å²) in [6.07, 6.45) is 2.95. The van der Waals surface area contributed by atoms with E-state index in [0.29, 0.717) is 12.1 Å². The van der Waals surface area contributed by atoms with Gasteiger partial charge in [-0.3, -0.25) is 9.59 Å². The third-order valence-corrected chi connectivity index (χ3v) is 4.39. The van der Waals surface area contributed by atoms with Crippen molar-refractivity contribution < 1.29 is 14.7 Å². The van der Waals surface area contributed by atoms with E-state index >= 15 is 0 Å². The number of aliphatic carboxylic acids is 1. The number of halogens is 1. The molecule has 5 heteroatoms. The van der Waals surface area contributed by atoms with E-state index in [9.17, 15) is 9.59 Å². The monoisotopic (exact) mass is 373 g/mol. The van der Waals surface area contributed by atoms with Crippen LogP contribution in [0.25, 0.3) is 0 Å². The summed E-state index contributed by atoms with van der Waals surface area (Å²) < 4.78 is 1.08. The molecule has 2 rings (SSSR count). The molecule has 2 N–H and O–H groups in total. The molecule has 1 aromatic carbocycles. The molecule has 4 nitrogen and oxygen atoms in total. The van der Waals surface area contributed by atoms with E-state index in [1.807, 2.05) is 12.1 Å². The lowest BCUT2D eigenvalue weighted by atomic mass is 9.66. The summed E-state index contributed by atoms with van der Waals surface area (Å²) in [6.45, 7) is 0.449. The molecule has 1 amide bonds. The second-order valence-corrected chi connectivity index (χ2v) is 6.36. The number of benzene rings is 1. The third-order valence-electron chi connectivity index (χ3n) is 3.67. The van der Waals surface area contributed by atoms with Gasteiger partial charge in [-0.1, -0.05) is 6.42 Å². The van der Waals surface area contributed by atoms with Crippen molar-refractivity contribution in [2.45, 2.75) is 25.7 Å². The van der Waals surface area contributed by atoms with E-state index in [4.69, 9.17) is 5.11 Å². The molecular formula is C14H16INO3. The Morgan fingerprint density at radius 3 is 2.37 bits per heavy atom. The van der Waals surface area contributed by atoms with Crippen LogP contribution in [0.4, 0.5) is 0 Å². The van der Waals surface area contributed by atoms with Gasteiger partial charge in [-0.05, 0) is 65.1 Å². The summed E-state index contributed by atoms with van der Waals surface area (Å²) in [6, 6.07) is 7.32. The number of amides is 1. The van der Waals surface area contributed by atoms with E-state index in [2.05, 4.69) is 27.9 Å². The number of carboxylic acid groups (broad SMARTS) is 1. The molecule has 19 heavy (non-hydrogen) atoms. The van der Waals surface area contributed by atoms with Gasteiger partial charge in [-0.15, -0.1) is 0 Å². The maximum atomic E-state index is 12.0. The molecule has 0 spiro atoms. The summed E-state index contributed by atoms with van der Waals surface area (Å²) >= 11 is 2.19. The van der Waals surface area contributed by atoms with Crippen molar-refractivity contribution in [1.82, 2.24) is 5.32 Å². The van der Waals surface area contributed by atoms with E-state index in [-0.39, 0.29) is 17.7 Å². The second kappa shape index (κ2) is 5.90. The summed E-state index contributed by atoms with van der Waals surface area (Å²) in [5.74, 6) is -0.920. The van der Waals surface area contributed by atoms with Crippen molar-refractivity contribution in [2.24, 2.45) is 5.41 Å². The maximum absolute atomic E-state index is 12.0. The Kier molecular flexibility index (Phi) is 4.44. The average Bonchev–Trinajstić information content (AvgIpc) is 2.32. The predicted octanol–water partition coefficient (Wildman–Crippen LogP) is 2.67. The fourth-order valence-electron chi connectivity index (χ4n) is 2.38. The molecule has 0 radical (unpaired) electrons. The molecule has 0 unspecified atom stereocenters. The van der Waals surface area contributed by atoms with Crippen molar-refractivity contribution in [3.05, 3.63) is 33.4 Å². The molecule has 0 heterocycles. The molecule has 0 aliphatic heterocycles. The number of hydrogen-bond donors (Lipinski definition) is 2. The molecule has 0 bridgehead atoms. The van der Waals surface area contributed by atoms with Gasteiger partial charge < -0.3 is 10.4 Å². The Hall–Kier alpha value is -1.11. The highest BCUT2D eigenvalue weighted by Gasteiger charge is 2.39. The van der Waals surface area contributed by atoms with Gasteiger partial charge in [0.25, 0.3) is 5.91 Å². The Morgan fingerprint density at radius 1 is 1.26 bits per heavy atom. The van der Waals surface area contributed by atoms with E-state index in [1.165, 1.54) is 0 Å². The lowest BCUT2D eigenvalue weighted by Crippen LogP contribution is -2.43. The van der Waals surface area contributed by atoms with Crippen LogP contribution >= 0.6 is 22.6 Å². The minimum absolute atomic E-state index is 0.131. The highest BCUT2D eigenvalue weighted by molar-refractivity contribution is 14.1. The van der Waals surface area contributed by atoms with Gasteiger partial charge >= 0.3 is 5.97 Å². The van der Waals surface area contributed by atoms with Crippen molar-refractivity contribution in [2.75, 3.05) is 6.54 Å². The first-order chi connectivity index (χ1) is 9.01. The SMILES string of the molecule is O=C(O)CC1(CNC(=O)c2ccc(I)cc2)CCC1. The van der Waals surface area contributed by atoms with Crippen LogP contribution in [0.15, 0.2) is 24.3 Å². The average molecular weight is 373 g/mol. The molecule has 1 aliphatic rings. The largest absolute Gasteiger partial charge is 0.481 e. The highest BCUT2D eigenvalue weighted by Crippen LogP contribution is 2.43. The van der Waals surface area contributed by atoms with E-state index in [0.717, 1.165) is 22.8 Å². The molecule has 1 aromatic rings. The standard InChI is InChI=1S/C14H16INO3/c15-11-4-2-10(3-5-11)13(19)16-9-14(6-1-7-14)8-12(17)18/h2-5H,1,6-9H2,(H,16,19)(H,17,18). The number of hydrogen-bond acceptors (Lipinski definition) is 2. The zero-order chi connectivity index (χ0) is 13.9. The molecule has 102 valence electrons. The molecular weight excluding hydrogens is 357 g/mol. The molecule has 1 aliphatic carbocycles. The molecule has 0 atom stereocenters. The summed E-state index contributed by atoms with van der Waals surface area (Å²) in [5, 5.41) is 11.8. The first-order valence-corrected chi connectivity index (χ1v) is 7.34. The van der Waals surface area contributed by atoms with Gasteiger partial charge in [0.1, 0.15) is 0 Å². The summed E-state index contributed by atoms with van der Waals surface area (Å²) in [7, 11) is 0. The van der Waals surface area contributed by atoms with Crippen LogP contribution in [0.2, 0.25) is 0 Å². The Balaban J connectivity index is 1.92. The lowest BCUT2D eigenvalue weighted by Gasteiger charge is -2.40. The van der Waals surface area contributed by atoms with Gasteiger partial charge in [0.15, 0.2) is 0 Å². The number of rotatable bonds is 5. The maximum Gasteiger partial charge on any atom is 0.303 e. The van der Waals surface area contributed by atoms with Gasteiger partial charge in [0, 0.05) is 15.7 Å². The van der Waals surface area contributed by atoms with Crippen molar-refractivity contribution in [1.29, 1.82) is 0 Å². The number of carbonyl (C=O) groups is 2. The fraction of sp³-hybridized carbons (Fsp3) is 0.429. The van der Waals surface area contributed by atoms with Crippen LogP contribution in [0.5, 0.6) is 0 Å². The Bertz CT molecular complexity index is 480. The Labute approximate surface area is 125 Å². The van der Waals surface area contributed by atoms with Crippen LogP contribution in [0.3, 0.4) is 0 Å². The molecule has 0 saturated heterocycles. The van der Waals surface area contributed by atoms with Crippen LogP contribution in [-0.2, 0) is 4.79 Å². The third kappa shape index (κ3) is 3.68. The number of carboxylic acids is 1. The second-order valence-electron chi connectivity index (χ2n) is 5.11. The van der Waals surface area contributed by atoms with Crippen LogP contribution < -0.4 is 5.32 Å². The van der Waals surface area contributed by atoms with Crippen LogP contribution in [0, 0.1) is 8.99 Å². The zero-order valence-corrected chi connectivity index (χ0v) is 12.6. The molecule has 1 fully saturated rings. The van der Waals surface area contributed by atoms with Gasteiger partial charge in [0.2, 0.25) is 0 Å². The van der Waals surface area contributed by atoms with E-state index in [1.54, 1.807) is 12.1 Å². The Morgan fingerprint density at radius 2 is 1.89 bits per heavy atom. The normalized spacial score (nSPS) is 16.5. The summed E-state index contributed by atoms with van der Waals surface area (Å²) in [5.41, 5.74) is 0.384. The van der Waals surface area contributed by atoms with Gasteiger partial charge in [-0.2, -0.15) is 0 Å². The van der Waals surface area contributed by atoms with Crippen molar-refractivity contribution in [3.8, 4) is 0 Å². The van der Waals surface area contributed by atoms with Gasteiger partial charge in [-0.25, -0.2) is 0 Å². The predicted molar refractivity (Wildman–Crippen MR) is 80.0 cm³/mol. The zero-order valence-electron chi connectivity index (χ0n) is 10.5. The summed E-state index contributed by atoms with van der Waals surface area (Å²) in [4.78, 5) is 22.8. The van der Waals surface area contributed by atoms with Crippen molar-refractivity contribution in [3.63, 3.8) is 0 Å². The molecule has 0 aromatic heterocycles. The number of carbonyl (C=O) groups excluding carboxylic acids is 1. The highest BCUT2D eigenvalue weighted by atomic mass is 127. The van der Waals surface area contributed by atoms with E-state index < -0.39 is 5.97 Å². The number of nitrogens with one attached hydrogen (secondary N) is 1. The first kappa shape index (κ1) is 14.3. The minimum Gasteiger partial charge on any atom is -0.481 e. The van der Waals surface area contributed by atoms with Gasteiger partial charge in [0.05, 0.1) is 6.42 Å². The minimum atomic E-state index is -0.789. The molecule has 1 saturated carbocycles. The smallest absolute Gasteiger partial charge is 0.303 e.